The predicted octanol–water partition coefficient (Wildman–Crippen LogP) is 8.06. The minimum atomic E-state index is -1.95. The second-order valence-corrected chi connectivity index (χ2v) is 12.3. The van der Waals surface area contributed by atoms with E-state index in [-0.39, 0.29) is 11.7 Å². The normalized spacial score (nSPS) is 13.5. The number of ketones is 1. The lowest BCUT2D eigenvalue weighted by Gasteiger charge is -2.23. The topological polar surface area (TPSA) is 57.6 Å². The zero-order valence-electron chi connectivity index (χ0n) is 20.8. The number of hydrogen-bond acceptors (Lipinski definition) is 3. The maximum atomic E-state index is 11.6. The lowest BCUT2D eigenvalue weighted by Crippen LogP contribution is -2.34. The fourth-order valence-electron chi connectivity index (χ4n) is 3.99. The number of carbonyl (C=O) groups excluding carboxylic acids is 1. The molecule has 0 radical (unpaired) electrons. The smallest absolute Gasteiger partial charge is 0.234 e. The zero-order chi connectivity index (χ0) is 23.9. The van der Waals surface area contributed by atoms with Gasteiger partial charge in [0.05, 0.1) is 0 Å². The Hall–Kier alpha value is 0.820. The van der Waals surface area contributed by atoms with Gasteiger partial charge in [-0.25, -0.2) is 8.51 Å². The fraction of sp³-hybridized carbons (Fsp3) is 0.960. The van der Waals surface area contributed by atoms with Crippen LogP contribution in [0.5, 0.6) is 0 Å². The van der Waals surface area contributed by atoms with Crippen molar-refractivity contribution in [2.45, 2.75) is 117 Å². The van der Waals surface area contributed by atoms with Gasteiger partial charge in [-0.05, 0) is 37.2 Å². The number of carbonyl (C=O) groups is 1. The van der Waals surface area contributed by atoms with Crippen LogP contribution in [0.25, 0.3) is 0 Å². The van der Waals surface area contributed by atoms with Crippen molar-refractivity contribution < 1.29 is 13.6 Å². The molecule has 0 aliphatic heterocycles. The van der Waals surface area contributed by atoms with Crippen molar-refractivity contribution in [2.75, 3.05) is 29.0 Å². The summed E-state index contributed by atoms with van der Waals surface area (Å²) in [5.41, 5.74) is 0. The minimum Gasteiger partial charge on any atom is -0.300 e. The van der Waals surface area contributed by atoms with Crippen molar-refractivity contribution >= 4 is 51.4 Å². The van der Waals surface area contributed by atoms with Crippen molar-refractivity contribution in [1.82, 2.24) is 4.31 Å². The summed E-state index contributed by atoms with van der Waals surface area (Å²) in [6, 6.07) is 0. The van der Waals surface area contributed by atoms with Gasteiger partial charge in [-0.2, -0.15) is 11.8 Å². The third kappa shape index (κ3) is 22.6. The van der Waals surface area contributed by atoms with Crippen LogP contribution in [0.15, 0.2) is 0 Å². The molecule has 4 nitrogen and oxygen atoms in total. The number of alkyl halides is 1. The summed E-state index contributed by atoms with van der Waals surface area (Å²) >= 11 is 2.24. The molecule has 2 unspecified atom stereocenters. The Balaban J connectivity index is 3.70. The van der Waals surface area contributed by atoms with E-state index in [1.807, 2.05) is 11.8 Å². The van der Waals surface area contributed by atoms with E-state index in [1.54, 1.807) is 11.2 Å². The molecule has 0 bridgehead atoms. The molecule has 0 aromatic carbocycles. The van der Waals surface area contributed by atoms with Gasteiger partial charge < -0.3 is 4.79 Å². The van der Waals surface area contributed by atoms with Crippen LogP contribution in [0.4, 0.5) is 0 Å². The van der Waals surface area contributed by atoms with Gasteiger partial charge in [-0.3, -0.25) is 4.55 Å². The van der Waals surface area contributed by atoms with Crippen LogP contribution in [-0.2, 0) is 16.1 Å². The first-order valence-corrected chi connectivity index (χ1v) is 16.7. The molecule has 0 aliphatic rings. The number of unbranched alkanes of at least 4 members (excludes halogenated alkanes) is 13. The van der Waals surface area contributed by atoms with E-state index >= 15 is 0 Å². The molecule has 0 aliphatic carbocycles. The van der Waals surface area contributed by atoms with E-state index in [9.17, 15) is 13.6 Å². The second kappa shape index (κ2) is 24.9. The molecule has 0 saturated carbocycles. The predicted molar refractivity (Wildman–Crippen MR) is 152 cm³/mol. The standard InChI is InChI=1S/C25H50INO3S2/c1-3-4-5-6-7-8-9-10-11-12-13-14-15-16-20-31-23-25(21-24(2)28)22-27(32(29)30)19-17-18-26/h25H,3-23H2,1-2H3,(H,29,30). The lowest BCUT2D eigenvalue weighted by molar-refractivity contribution is -0.117. The van der Waals surface area contributed by atoms with Crippen LogP contribution in [-0.4, -0.2) is 47.9 Å². The monoisotopic (exact) mass is 603 g/mol. The molecule has 192 valence electrons. The number of thioether (sulfide) groups is 1. The first-order chi connectivity index (χ1) is 15.5. The van der Waals surface area contributed by atoms with Gasteiger partial charge in [0, 0.05) is 23.9 Å². The molecule has 1 N–H and O–H groups in total. The van der Waals surface area contributed by atoms with Crippen LogP contribution in [0.2, 0.25) is 0 Å². The number of Topliss-reactive ketones (excluding diaryl/α,β-unsaturated/α-hetero) is 1. The quantitative estimate of drug-likeness (QED) is 0.0497. The van der Waals surface area contributed by atoms with E-state index in [0.29, 0.717) is 19.5 Å². The third-order valence-corrected chi connectivity index (χ3v) is 8.62. The van der Waals surface area contributed by atoms with Gasteiger partial charge in [0.15, 0.2) is 0 Å². The number of hydrogen-bond donors (Lipinski definition) is 1. The summed E-state index contributed by atoms with van der Waals surface area (Å²) in [5.74, 6) is 2.36. The lowest BCUT2D eigenvalue weighted by atomic mass is 10.0. The van der Waals surface area contributed by atoms with Crippen molar-refractivity contribution in [3.8, 4) is 0 Å². The zero-order valence-corrected chi connectivity index (χ0v) is 24.6. The Labute approximate surface area is 219 Å². The Morgan fingerprint density at radius 1 is 0.906 bits per heavy atom. The molecule has 0 saturated heterocycles. The summed E-state index contributed by atoms with van der Waals surface area (Å²) in [4.78, 5) is 11.6. The van der Waals surface area contributed by atoms with Gasteiger partial charge in [0.25, 0.3) is 0 Å². The summed E-state index contributed by atoms with van der Waals surface area (Å²) in [6.45, 7) is 5.05. The highest BCUT2D eigenvalue weighted by molar-refractivity contribution is 14.1. The second-order valence-electron chi connectivity index (χ2n) is 9.10. The molecule has 0 amide bonds. The Bertz CT molecular complexity index is 455. The van der Waals surface area contributed by atoms with Crippen molar-refractivity contribution in [3.63, 3.8) is 0 Å². The Kier molecular flexibility index (Phi) is 25.6. The summed E-state index contributed by atoms with van der Waals surface area (Å²) < 4.78 is 23.7. The van der Waals surface area contributed by atoms with Crippen molar-refractivity contribution in [3.05, 3.63) is 0 Å². The average molecular weight is 604 g/mol. The van der Waals surface area contributed by atoms with E-state index in [1.165, 1.54) is 89.9 Å². The van der Waals surface area contributed by atoms with Crippen molar-refractivity contribution in [2.24, 2.45) is 5.92 Å². The molecule has 7 heteroatoms. The average Bonchev–Trinajstić information content (AvgIpc) is 2.75. The Morgan fingerprint density at radius 2 is 1.41 bits per heavy atom. The highest BCUT2D eigenvalue weighted by Crippen LogP contribution is 2.18. The van der Waals surface area contributed by atoms with Crippen LogP contribution in [0.3, 0.4) is 0 Å². The van der Waals surface area contributed by atoms with E-state index < -0.39 is 11.3 Å². The third-order valence-electron chi connectivity index (χ3n) is 5.80. The number of halogens is 1. The molecule has 0 spiro atoms. The van der Waals surface area contributed by atoms with Crippen molar-refractivity contribution in [1.29, 1.82) is 0 Å². The molecule has 32 heavy (non-hydrogen) atoms. The molecule has 2 atom stereocenters. The van der Waals surface area contributed by atoms with Gasteiger partial charge in [0.2, 0.25) is 11.3 Å². The number of rotatable bonds is 25. The highest BCUT2D eigenvalue weighted by Gasteiger charge is 2.19. The maximum absolute atomic E-state index is 11.6. The van der Waals surface area contributed by atoms with Gasteiger partial charge in [0.1, 0.15) is 5.78 Å². The maximum Gasteiger partial charge on any atom is 0.234 e. The van der Waals surface area contributed by atoms with Crippen LogP contribution >= 0.6 is 34.4 Å². The van der Waals surface area contributed by atoms with Gasteiger partial charge in [-0.1, -0.05) is 113 Å². The van der Waals surface area contributed by atoms with E-state index in [4.69, 9.17) is 0 Å². The first-order valence-electron chi connectivity index (χ1n) is 13.0. The molecule has 0 aromatic rings. The highest BCUT2D eigenvalue weighted by atomic mass is 127. The van der Waals surface area contributed by atoms with Gasteiger partial charge in [-0.15, -0.1) is 0 Å². The van der Waals surface area contributed by atoms with E-state index in [0.717, 1.165) is 22.4 Å². The molecule has 0 rings (SSSR count). The summed E-state index contributed by atoms with van der Waals surface area (Å²) in [7, 11) is 0. The summed E-state index contributed by atoms with van der Waals surface area (Å²) in [6.07, 6.45) is 20.7. The molecular formula is C25H50INO3S2. The molecule has 0 heterocycles. The van der Waals surface area contributed by atoms with E-state index in [2.05, 4.69) is 29.5 Å². The fourth-order valence-corrected chi connectivity index (χ4v) is 6.08. The SMILES string of the molecule is CCCCCCCCCCCCCCCCSCC(CC(C)=O)CN(CCCI)S(=O)O. The van der Waals surface area contributed by atoms with Crippen LogP contribution < -0.4 is 0 Å². The largest absolute Gasteiger partial charge is 0.300 e. The Morgan fingerprint density at radius 3 is 1.84 bits per heavy atom. The molecular weight excluding hydrogens is 553 g/mol. The van der Waals surface area contributed by atoms with Crippen LogP contribution in [0, 0.1) is 5.92 Å². The van der Waals surface area contributed by atoms with Crippen LogP contribution in [0.1, 0.15) is 117 Å². The minimum absolute atomic E-state index is 0.162. The number of nitrogens with zero attached hydrogens (tertiary/aromatic N) is 1. The van der Waals surface area contributed by atoms with Gasteiger partial charge >= 0.3 is 0 Å². The first kappa shape index (κ1) is 32.8. The molecule has 0 aromatic heterocycles. The molecule has 0 fully saturated rings. The summed E-state index contributed by atoms with van der Waals surface area (Å²) in [5, 5.41) is 0.